The Bertz CT molecular complexity index is 583. The predicted octanol–water partition coefficient (Wildman–Crippen LogP) is 5.02. The average Bonchev–Trinajstić information content (AvgIpc) is 2.57. The molecule has 0 bridgehead atoms. The first-order valence-corrected chi connectivity index (χ1v) is 8.98. The minimum absolute atomic E-state index is 0.0376. The summed E-state index contributed by atoms with van der Waals surface area (Å²) in [6, 6.07) is 6.62. The number of hydrogen-bond acceptors (Lipinski definition) is 3. The number of ether oxygens (including phenoxy) is 1. The second-order valence-corrected chi connectivity index (χ2v) is 7.56. The molecule has 23 heavy (non-hydrogen) atoms. The summed E-state index contributed by atoms with van der Waals surface area (Å²) in [6.45, 7) is 4.55. The fraction of sp³-hybridized carbons (Fsp3) is 0.650. The van der Waals surface area contributed by atoms with Crippen LogP contribution in [0, 0.1) is 17.3 Å². The Balaban J connectivity index is 1.94. The number of fused-ring (bicyclic) bond motifs is 3. The van der Waals surface area contributed by atoms with Gasteiger partial charge in [-0.05, 0) is 73.1 Å². The number of methoxy groups -OCH3 is 1. The van der Waals surface area contributed by atoms with E-state index >= 15 is 0 Å². The van der Waals surface area contributed by atoms with Crippen molar-refractivity contribution in [2.24, 2.45) is 22.4 Å². The molecule has 1 saturated carbocycles. The Labute approximate surface area is 139 Å². The van der Waals surface area contributed by atoms with Gasteiger partial charge < -0.3 is 9.94 Å². The smallest absolute Gasteiger partial charge is 0.119 e. The van der Waals surface area contributed by atoms with E-state index in [1.807, 2.05) is 6.21 Å². The molecule has 0 aliphatic heterocycles. The van der Waals surface area contributed by atoms with E-state index in [-0.39, 0.29) is 5.41 Å². The van der Waals surface area contributed by atoms with Crippen LogP contribution in [0.4, 0.5) is 0 Å². The fourth-order valence-electron chi connectivity index (χ4n) is 5.18. The van der Waals surface area contributed by atoms with Gasteiger partial charge in [-0.1, -0.05) is 26.3 Å². The zero-order valence-electron chi connectivity index (χ0n) is 14.6. The lowest BCUT2D eigenvalue weighted by atomic mass is 9.54. The number of nitrogens with zero attached hydrogens (tertiary/aromatic N) is 1. The standard InChI is InChI=1S/C20H29NO2/c1-4-5-19-18-8-6-14-12-15(23-3)7-9-16(14)17(18)10-11-20(19,2)13-21-22/h7,9,12-13,17-19,22H,4-6,8,10-11H2,1-3H3/b21-13+/t17-,18-,19+,20-/m1/s1. The van der Waals surface area contributed by atoms with Crippen LogP contribution < -0.4 is 4.74 Å². The van der Waals surface area contributed by atoms with Gasteiger partial charge >= 0.3 is 0 Å². The summed E-state index contributed by atoms with van der Waals surface area (Å²) in [6.07, 6.45) is 8.90. The third-order valence-electron chi connectivity index (χ3n) is 6.32. The lowest BCUT2D eigenvalue weighted by molar-refractivity contribution is 0.0762. The zero-order valence-corrected chi connectivity index (χ0v) is 14.6. The van der Waals surface area contributed by atoms with Crippen molar-refractivity contribution in [3.05, 3.63) is 29.3 Å². The van der Waals surface area contributed by atoms with Crippen LogP contribution in [-0.4, -0.2) is 18.5 Å². The Kier molecular flexibility index (Phi) is 4.65. The van der Waals surface area contributed by atoms with Crippen molar-refractivity contribution < 1.29 is 9.94 Å². The van der Waals surface area contributed by atoms with E-state index in [9.17, 15) is 0 Å². The van der Waals surface area contributed by atoms with Crippen molar-refractivity contribution >= 4 is 6.21 Å². The molecule has 0 unspecified atom stereocenters. The molecule has 1 aromatic carbocycles. The summed E-state index contributed by atoms with van der Waals surface area (Å²) in [5.74, 6) is 2.94. The molecule has 3 rings (SSSR count). The second kappa shape index (κ2) is 6.54. The molecular formula is C20H29NO2. The highest BCUT2D eigenvalue weighted by atomic mass is 16.5. The summed E-state index contributed by atoms with van der Waals surface area (Å²) < 4.78 is 5.40. The van der Waals surface area contributed by atoms with Crippen LogP contribution in [0.5, 0.6) is 5.75 Å². The molecule has 0 amide bonds. The van der Waals surface area contributed by atoms with E-state index in [4.69, 9.17) is 9.94 Å². The Morgan fingerprint density at radius 1 is 1.39 bits per heavy atom. The summed E-state index contributed by atoms with van der Waals surface area (Å²) in [5, 5.41) is 12.6. The number of benzene rings is 1. The molecule has 0 saturated heterocycles. The Morgan fingerprint density at radius 3 is 2.91 bits per heavy atom. The van der Waals surface area contributed by atoms with Crippen LogP contribution in [0.2, 0.25) is 0 Å². The second-order valence-electron chi connectivity index (χ2n) is 7.56. The molecule has 1 fully saturated rings. The molecule has 0 aromatic heterocycles. The maximum atomic E-state index is 9.14. The highest BCUT2D eigenvalue weighted by Crippen LogP contribution is 2.55. The average molecular weight is 315 g/mol. The molecule has 3 heteroatoms. The molecule has 1 aromatic rings. The number of rotatable bonds is 4. The van der Waals surface area contributed by atoms with Gasteiger partial charge in [-0.15, -0.1) is 5.16 Å². The van der Waals surface area contributed by atoms with Crippen LogP contribution in [0.3, 0.4) is 0 Å². The topological polar surface area (TPSA) is 41.8 Å². The third kappa shape index (κ3) is 2.86. The first kappa shape index (κ1) is 16.4. The van der Waals surface area contributed by atoms with Crippen molar-refractivity contribution in [3.8, 4) is 5.75 Å². The normalized spacial score (nSPS) is 33.3. The third-order valence-corrected chi connectivity index (χ3v) is 6.32. The lowest BCUT2D eigenvalue weighted by Gasteiger charge is -2.50. The molecule has 126 valence electrons. The largest absolute Gasteiger partial charge is 0.497 e. The molecule has 2 aliphatic carbocycles. The van der Waals surface area contributed by atoms with Gasteiger partial charge in [-0.2, -0.15) is 0 Å². The minimum Gasteiger partial charge on any atom is -0.497 e. The van der Waals surface area contributed by atoms with E-state index in [2.05, 4.69) is 37.2 Å². The van der Waals surface area contributed by atoms with Gasteiger partial charge in [0.25, 0.3) is 0 Å². The number of oxime groups is 1. The predicted molar refractivity (Wildman–Crippen MR) is 93.6 cm³/mol. The summed E-state index contributed by atoms with van der Waals surface area (Å²) in [4.78, 5) is 0. The molecule has 0 radical (unpaired) electrons. The van der Waals surface area contributed by atoms with Crippen LogP contribution in [0.25, 0.3) is 0 Å². The first-order chi connectivity index (χ1) is 11.1. The number of hydrogen-bond donors (Lipinski definition) is 1. The molecule has 0 heterocycles. The van der Waals surface area contributed by atoms with Crippen molar-refractivity contribution in [1.29, 1.82) is 0 Å². The lowest BCUT2D eigenvalue weighted by Crippen LogP contribution is -2.43. The molecule has 1 N–H and O–H groups in total. The van der Waals surface area contributed by atoms with Crippen molar-refractivity contribution in [1.82, 2.24) is 0 Å². The van der Waals surface area contributed by atoms with Crippen LogP contribution in [-0.2, 0) is 6.42 Å². The van der Waals surface area contributed by atoms with Gasteiger partial charge in [0.1, 0.15) is 5.75 Å². The first-order valence-electron chi connectivity index (χ1n) is 8.98. The zero-order chi connectivity index (χ0) is 16.4. The molecule has 2 aliphatic rings. The van der Waals surface area contributed by atoms with Crippen LogP contribution in [0.1, 0.15) is 63.0 Å². The van der Waals surface area contributed by atoms with Gasteiger partial charge in [0.2, 0.25) is 0 Å². The highest BCUT2D eigenvalue weighted by Gasteiger charge is 2.47. The van der Waals surface area contributed by atoms with Crippen molar-refractivity contribution in [3.63, 3.8) is 0 Å². The molecule has 3 nitrogen and oxygen atoms in total. The summed E-state index contributed by atoms with van der Waals surface area (Å²) in [5.41, 5.74) is 3.04. The van der Waals surface area contributed by atoms with Gasteiger partial charge in [-0.3, -0.25) is 0 Å². The van der Waals surface area contributed by atoms with Crippen molar-refractivity contribution in [2.75, 3.05) is 7.11 Å². The van der Waals surface area contributed by atoms with E-state index in [0.717, 1.165) is 18.6 Å². The quantitative estimate of drug-likeness (QED) is 0.481. The SMILES string of the molecule is CCC[C@H]1[C@@H]2CCc3cc(OC)ccc3[C@H]2CC[C@]1(C)/C=N/O. The van der Waals surface area contributed by atoms with E-state index in [0.29, 0.717) is 17.8 Å². The summed E-state index contributed by atoms with van der Waals surface area (Å²) in [7, 11) is 1.74. The monoisotopic (exact) mass is 315 g/mol. The Morgan fingerprint density at radius 2 is 2.22 bits per heavy atom. The van der Waals surface area contributed by atoms with Crippen LogP contribution >= 0.6 is 0 Å². The molecule has 4 atom stereocenters. The molecule has 0 spiro atoms. The highest BCUT2D eigenvalue weighted by molar-refractivity contribution is 5.65. The van der Waals surface area contributed by atoms with Crippen LogP contribution in [0.15, 0.2) is 23.4 Å². The summed E-state index contributed by atoms with van der Waals surface area (Å²) >= 11 is 0. The maximum Gasteiger partial charge on any atom is 0.119 e. The number of aryl methyl sites for hydroxylation is 1. The van der Waals surface area contributed by atoms with E-state index in [1.54, 1.807) is 7.11 Å². The maximum absolute atomic E-state index is 9.14. The minimum atomic E-state index is 0.0376. The van der Waals surface area contributed by atoms with Gasteiger partial charge in [0.15, 0.2) is 0 Å². The molecular weight excluding hydrogens is 286 g/mol. The van der Waals surface area contributed by atoms with Gasteiger partial charge in [0, 0.05) is 11.6 Å². The van der Waals surface area contributed by atoms with E-state index in [1.165, 1.54) is 36.8 Å². The van der Waals surface area contributed by atoms with Crippen molar-refractivity contribution in [2.45, 2.75) is 58.3 Å². The van der Waals surface area contributed by atoms with E-state index < -0.39 is 0 Å². The fourth-order valence-corrected chi connectivity index (χ4v) is 5.18. The van der Waals surface area contributed by atoms with Gasteiger partial charge in [-0.25, -0.2) is 0 Å². The Hall–Kier alpha value is -1.51. The van der Waals surface area contributed by atoms with Gasteiger partial charge in [0.05, 0.1) is 7.11 Å².